The quantitative estimate of drug-likeness (QED) is 0.393. The van der Waals surface area contributed by atoms with E-state index in [1.165, 1.54) is 19.2 Å². The molecule has 0 aromatic heterocycles. The van der Waals surface area contributed by atoms with Crippen LogP contribution in [0.5, 0.6) is 5.75 Å². The van der Waals surface area contributed by atoms with E-state index < -0.39 is 14.9 Å². The molecule has 0 radical (unpaired) electrons. The molecule has 0 atom stereocenters. The zero-order chi connectivity index (χ0) is 15.9. The number of nitro groups is 1. The molecule has 8 nitrogen and oxygen atoms in total. The Bertz CT molecular complexity index is 594. The number of methoxy groups -OCH3 is 1. The van der Waals surface area contributed by atoms with Crippen molar-refractivity contribution < 1.29 is 18.1 Å². The van der Waals surface area contributed by atoms with Gasteiger partial charge in [0.1, 0.15) is 10.6 Å². The van der Waals surface area contributed by atoms with E-state index in [1.807, 2.05) is 6.92 Å². The topological polar surface area (TPSA) is 111 Å². The molecule has 0 fully saturated rings. The monoisotopic (exact) mass is 353 g/mol. The van der Waals surface area contributed by atoms with Gasteiger partial charge in [0.05, 0.1) is 12.0 Å². The molecule has 0 unspecified atom stereocenters. The molecule has 0 amide bonds. The van der Waals surface area contributed by atoms with E-state index in [2.05, 4.69) is 10.0 Å². The van der Waals surface area contributed by atoms with Crippen LogP contribution in [0.15, 0.2) is 23.1 Å². The lowest BCUT2D eigenvalue weighted by molar-refractivity contribution is -0.385. The highest BCUT2D eigenvalue weighted by Crippen LogP contribution is 2.27. The van der Waals surface area contributed by atoms with Crippen LogP contribution < -0.4 is 14.8 Å². The van der Waals surface area contributed by atoms with Crippen LogP contribution in [0.2, 0.25) is 0 Å². The summed E-state index contributed by atoms with van der Waals surface area (Å²) in [6.45, 7) is 3.46. The molecule has 10 heteroatoms. The van der Waals surface area contributed by atoms with Crippen molar-refractivity contribution in [1.82, 2.24) is 10.0 Å². The van der Waals surface area contributed by atoms with Gasteiger partial charge in [-0.2, -0.15) is 0 Å². The number of sulfonamides is 1. The average Bonchev–Trinajstić information content (AvgIpc) is 2.46. The summed E-state index contributed by atoms with van der Waals surface area (Å²) < 4.78 is 31.7. The van der Waals surface area contributed by atoms with Gasteiger partial charge in [-0.15, -0.1) is 12.4 Å². The lowest BCUT2D eigenvalue weighted by Gasteiger charge is -2.10. The van der Waals surface area contributed by atoms with Gasteiger partial charge >= 0.3 is 0 Å². The largest absolute Gasteiger partial charge is 0.495 e. The minimum atomic E-state index is -3.87. The van der Waals surface area contributed by atoms with Crippen LogP contribution in [0, 0.1) is 10.1 Å². The lowest BCUT2D eigenvalue weighted by Crippen LogP contribution is -2.32. The number of hydrogen-bond donors (Lipinski definition) is 2. The second-order valence-electron chi connectivity index (χ2n) is 4.24. The van der Waals surface area contributed by atoms with E-state index >= 15 is 0 Å². The molecule has 0 saturated carbocycles. The molecule has 0 aliphatic carbocycles. The van der Waals surface area contributed by atoms with Gasteiger partial charge < -0.3 is 10.1 Å². The summed E-state index contributed by atoms with van der Waals surface area (Å²) >= 11 is 0. The van der Waals surface area contributed by atoms with Crippen LogP contribution >= 0.6 is 12.4 Å². The molecule has 1 aromatic rings. The average molecular weight is 354 g/mol. The first-order valence-electron chi connectivity index (χ1n) is 6.45. The summed E-state index contributed by atoms with van der Waals surface area (Å²) in [5.74, 6) is 0.0645. The number of hydrogen-bond acceptors (Lipinski definition) is 6. The summed E-state index contributed by atoms with van der Waals surface area (Å²) in [5, 5.41) is 13.8. The fourth-order valence-electron chi connectivity index (χ4n) is 1.64. The number of ether oxygens (including phenoxy) is 1. The molecule has 2 N–H and O–H groups in total. The van der Waals surface area contributed by atoms with Crippen molar-refractivity contribution in [1.29, 1.82) is 0 Å². The predicted octanol–water partition coefficient (Wildman–Crippen LogP) is 1.30. The number of nitrogens with zero attached hydrogens (tertiary/aromatic N) is 1. The van der Waals surface area contributed by atoms with Crippen LogP contribution in [-0.4, -0.2) is 40.1 Å². The van der Waals surface area contributed by atoms with Crippen molar-refractivity contribution in [3.8, 4) is 5.75 Å². The van der Waals surface area contributed by atoms with E-state index in [0.29, 0.717) is 6.54 Å². The van der Waals surface area contributed by atoms with Crippen LogP contribution in [0.1, 0.15) is 13.3 Å². The molecule has 1 rings (SSSR count). The molecule has 0 saturated heterocycles. The number of nitro benzene ring substituents is 1. The Kier molecular flexibility index (Phi) is 8.95. The Morgan fingerprint density at radius 3 is 2.50 bits per heavy atom. The van der Waals surface area contributed by atoms with Gasteiger partial charge in [-0.25, -0.2) is 13.1 Å². The first-order chi connectivity index (χ1) is 9.92. The molecule has 0 aliphatic rings. The van der Waals surface area contributed by atoms with Gasteiger partial charge in [0.25, 0.3) is 5.69 Å². The molecule has 22 heavy (non-hydrogen) atoms. The number of rotatable bonds is 9. The van der Waals surface area contributed by atoms with Crippen LogP contribution in [0.4, 0.5) is 5.69 Å². The van der Waals surface area contributed by atoms with Crippen molar-refractivity contribution in [2.24, 2.45) is 0 Å². The van der Waals surface area contributed by atoms with Gasteiger partial charge in [0, 0.05) is 25.2 Å². The summed E-state index contributed by atoms with van der Waals surface area (Å²) in [7, 11) is -2.56. The normalized spacial score (nSPS) is 10.8. The van der Waals surface area contributed by atoms with Crippen molar-refractivity contribution >= 4 is 28.1 Å². The Balaban J connectivity index is 0.00000441. The SMILES string of the molecule is CCCNCCNS(=O)(=O)c1cc([N+](=O)[O-])ccc1OC.Cl. The van der Waals surface area contributed by atoms with Crippen LogP contribution in [0.25, 0.3) is 0 Å². The highest BCUT2D eigenvalue weighted by Gasteiger charge is 2.22. The molecule has 0 heterocycles. The third-order valence-electron chi connectivity index (χ3n) is 2.67. The Hall–Kier alpha value is -1.42. The van der Waals surface area contributed by atoms with Crippen LogP contribution in [-0.2, 0) is 10.0 Å². The van der Waals surface area contributed by atoms with Gasteiger partial charge in [0.2, 0.25) is 10.0 Å². The fourth-order valence-corrected chi connectivity index (χ4v) is 2.86. The third kappa shape index (κ3) is 5.76. The molecular weight excluding hydrogens is 334 g/mol. The van der Waals surface area contributed by atoms with E-state index in [-0.39, 0.29) is 35.3 Å². The minimum absolute atomic E-state index is 0. The Morgan fingerprint density at radius 2 is 1.95 bits per heavy atom. The Labute approximate surface area is 135 Å². The molecule has 126 valence electrons. The second kappa shape index (κ2) is 9.57. The van der Waals surface area contributed by atoms with E-state index in [1.54, 1.807) is 0 Å². The number of benzene rings is 1. The molecule has 0 spiro atoms. The summed E-state index contributed by atoms with van der Waals surface area (Å²) in [6.07, 6.45) is 0.950. The van der Waals surface area contributed by atoms with Gasteiger partial charge in [-0.3, -0.25) is 10.1 Å². The van der Waals surface area contributed by atoms with Gasteiger partial charge in [-0.05, 0) is 19.0 Å². The maximum absolute atomic E-state index is 12.2. The predicted molar refractivity (Wildman–Crippen MR) is 85.2 cm³/mol. The van der Waals surface area contributed by atoms with Crippen molar-refractivity contribution in [3.05, 3.63) is 28.3 Å². The summed E-state index contributed by atoms with van der Waals surface area (Å²) in [5.41, 5.74) is -0.305. The van der Waals surface area contributed by atoms with Gasteiger partial charge in [-0.1, -0.05) is 6.92 Å². The second-order valence-corrected chi connectivity index (χ2v) is 5.98. The Morgan fingerprint density at radius 1 is 1.27 bits per heavy atom. The number of non-ortho nitro benzene ring substituents is 1. The zero-order valence-corrected chi connectivity index (χ0v) is 14.0. The highest BCUT2D eigenvalue weighted by atomic mass is 35.5. The molecule has 0 aliphatic heterocycles. The van der Waals surface area contributed by atoms with Crippen LogP contribution in [0.3, 0.4) is 0 Å². The number of nitrogens with one attached hydrogen (secondary N) is 2. The van der Waals surface area contributed by atoms with Gasteiger partial charge in [0.15, 0.2) is 0 Å². The highest BCUT2D eigenvalue weighted by molar-refractivity contribution is 7.89. The first kappa shape index (κ1) is 20.6. The zero-order valence-electron chi connectivity index (χ0n) is 12.4. The van der Waals surface area contributed by atoms with E-state index in [0.717, 1.165) is 19.0 Å². The lowest BCUT2D eigenvalue weighted by atomic mass is 10.3. The smallest absolute Gasteiger partial charge is 0.271 e. The van der Waals surface area contributed by atoms with Crippen molar-refractivity contribution in [2.45, 2.75) is 18.2 Å². The molecular formula is C12H20ClN3O5S. The molecule has 1 aromatic carbocycles. The summed E-state index contributed by atoms with van der Waals surface area (Å²) in [6, 6.07) is 3.45. The maximum Gasteiger partial charge on any atom is 0.271 e. The van der Waals surface area contributed by atoms with Crippen molar-refractivity contribution in [2.75, 3.05) is 26.7 Å². The third-order valence-corrected chi connectivity index (χ3v) is 4.15. The molecule has 0 bridgehead atoms. The fraction of sp³-hybridized carbons (Fsp3) is 0.500. The standard InChI is InChI=1S/C12H19N3O5S.ClH/c1-3-6-13-7-8-14-21(18,19)12-9-10(15(16)17)4-5-11(12)20-2;/h4-5,9,13-14H,3,6-8H2,1-2H3;1H. The minimum Gasteiger partial charge on any atom is -0.495 e. The van der Waals surface area contributed by atoms with E-state index in [4.69, 9.17) is 4.74 Å². The van der Waals surface area contributed by atoms with E-state index in [9.17, 15) is 18.5 Å². The summed E-state index contributed by atoms with van der Waals surface area (Å²) in [4.78, 5) is 9.86. The van der Waals surface area contributed by atoms with Crippen molar-refractivity contribution in [3.63, 3.8) is 0 Å². The number of halogens is 1. The maximum atomic E-state index is 12.2. The first-order valence-corrected chi connectivity index (χ1v) is 7.93.